The SMILES string of the molecule is C=N/C=C(\C=C(/C)Cl)CC1CCN(C(=C)N2CC(C)(CC/C=C(/C)N/N=C(\N)C3CC3)C2)CC1. The van der Waals surface area contributed by atoms with E-state index in [9.17, 15) is 0 Å². The summed E-state index contributed by atoms with van der Waals surface area (Å²) in [6.45, 7) is 18.7. The van der Waals surface area contributed by atoms with Gasteiger partial charge in [-0.05, 0) is 83.1 Å². The highest BCUT2D eigenvalue weighted by Crippen LogP contribution is 2.38. The third kappa shape index (κ3) is 7.93. The van der Waals surface area contributed by atoms with Crippen molar-refractivity contribution in [3.05, 3.63) is 47.1 Å². The van der Waals surface area contributed by atoms with Crippen molar-refractivity contribution in [2.45, 2.75) is 65.7 Å². The van der Waals surface area contributed by atoms with E-state index in [1.54, 1.807) is 0 Å². The maximum atomic E-state index is 6.07. The van der Waals surface area contributed by atoms with Crippen LogP contribution in [0.4, 0.5) is 0 Å². The minimum Gasteiger partial charge on any atom is -0.385 e. The van der Waals surface area contributed by atoms with Crippen molar-refractivity contribution in [1.82, 2.24) is 15.2 Å². The van der Waals surface area contributed by atoms with Crippen LogP contribution in [0.5, 0.6) is 0 Å². The van der Waals surface area contributed by atoms with E-state index in [4.69, 9.17) is 17.3 Å². The van der Waals surface area contributed by atoms with Gasteiger partial charge in [0, 0.05) is 54.4 Å². The maximum Gasteiger partial charge on any atom is 0.123 e. The molecule has 7 heteroatoms. The molecule has 2 aliphatic heterocycles. The summed E-state index contributed by atoms with van der Waals surface area (Å²) in [5, 5.41) is 5.08. The Morgan fingerprint density at radius 2 is 1.85 bits per heavy atom. The Morgan fingerprint density at radius 1 is 1.18 bits per heavy atom. The van der Waals surface area contributed by atoms with Crippen LogP contribution in [-0.4, -0.2) is 48.5 Å². The van der Waals surface area contributed by atoms with Gasteiger partial charge in [0.2, 0.25) is 0 Å². The summed E-state index contributed by atoms with van der Waals surface area (Å²) in [6.07, 6.45) is 14.0. The van der Waals surface area contributed by atoms with Gasteiger partial charge in [-0.15, -0.1) is 0 Å². The molecule has 0 bridgehead atoms. The van der Waals surface area contributed by atoms with E-state index < -0.39 is 0 Å². The molecule has 0 unspecified atom stereocenters. The lowest BCUT2D eigenvalue weighted by Crippen LogP contribution is -2.56. The third-order valence-corrected chi connectivity index (χ3v) is 7.32. The van der Waals surface area contributed by atoms with Crippen LogP contribution in [0.3, 0.4) is 0 Å². The van der Waals surface area contributed by atoms with Crippen molar-refractivity contribution < 1.29 is 0 Å². The third-order valence-electron chi connectivity index (χ3n) is 7.21. The molecule has 3 fully saturated rings. The fourth-order valence-electron chi connectivity index (χ4n) is 4.97. The first-order chi connectivity index (χ1) is 16.2. The number of allylic oxidation sites excluding steroid dienone is 5. The number of hydrazone groups is 1. The molecule has 2 saturated heterocycles. The molecule has 0 atom stereocenters. The number of hydrogen-bond donors (Lipinski definition) is 2. The van der Waals surface area contributed by atoms with Crippen molar-refractivity contribution >= 4 is 24.2 Å². The summed E-state index contributed by atoms with van der Waals surface area (Å²) < 4.78 is 0. The van der Waals surface area contributed by atoms with Crippen LogP contribution in [0.2, 0.25) is 0 Å². The molecule has 3 N–H and O–H groups in total. The molecular formula is C27H43ClN6. The average Bonchev–Trinajstić information content (AvgIpc) is 3.61. The molecule has 3 rings (SSSR count). The van der Waals surface area contributed by atoms with E-state index in [0.717, 1.165) is 61.2 Å². The first-order valence-corrected chi connectivity index (χ1v) is 13.0. The average molecular weight is 487 g/mol. The number of aliphatic imine (C=N–C) groups is 1. The Bertz CT molecular complexity index is 848. The second kappa shape index (κ2) is 12.0. The molecule has 0 radical (unpaired) electrons. The van der Waals surface area contributed by atoms with Crippen LogP contribution in [0.15, 0.2) is 57.1 Å². The number of nitrogens with zero attached hydrogens (tertiary/aromatic N) is 4. The van der Waals surface area contributed by atoms with Crippen molar-refractivity contribution in [2.75, 3.05) is 26.2 Å². The number of halogens is 1. The summed E-state index contributed by atoms with van der Waals surface area (Å²) in [6, 6.07) is 0. The van der Waals surface area contributed by atoms with Crippen LogP contribution >= 0.6 is 11.6 Å². The van der Waals surface area contributed by atoms with Crippen LogP contribution in [0.25, 0.3) is 0 Å². The Hall–Kier alpha value is -2.21. The van der Waals surface area contributed by atoms with Gasteiger partial charge in [-0.3, -0.25) is 10.4 Å². The molecule has 188 valence electrons. The quantitative estimate of drug-likeness (QED) is 0.164. The highest BCUT2D eigenvalue weighted by Gasteiger charge is 2.40. The summed E-state index contributed by atoms with van der Waals surface area (Å²) >= 11 is 6.07. The fourth-order valence-corrected chi connectivity index (χ4v) is 5.11. The lowest BCUT2D eigenvalue weighted by Gasteiger charge is -2.53. The highest BCUT2D eigenvalue weighted by atomic mass is 35.5. The smallest absolute Gasteiger partial charge is 0.123 e. The van der Waals surface area contributed by atoms with Gasteiger partial charge in [-0.1, -0.05) is 31.2 Å². The van der Waals surface area contributed by atoms with Gasteiger partial charge < -0.3 is 15.5 Å². The second-order valence-electron chi connectivity index (χ2n) is 10.7. The van der Waals surface area contributed by atoms with Crippen LogP contribution < -0.4 is 11.2 Å². The van der Waals surface area contributed by atoms with Gasteiger partial charge in [-0.25, -0.2) is 0 Å². The molecule has 34 heavy (non-hydrogen) atoms. The molecule has 6 nitrogen and oxygen atoms in total. The van der Waals surface area contributed by atoms with E-state index in [1.807, 2.05) is 19.2 Å². The normalized spacial score (nSPS) is 22.5. The summed E-state index contributed by atoms with van der Waals surface area (Å²) in [5.74, 6) is 3.08. The number of hydrogen-bond acceptors (Lipinski definition) is 5. The van der Waals surface area contributed by atoms with Crippen molar-refractivity contribution in [3.8, 4) is 0 Å². The molecule has 0 spiro atoms. The molecule has 1 aliphatic carbocycles. The molecule has 3 aliphatic rings. The molecule has 1 saturated carbocycles. The molecule has 0 amide bonds. The largest absolute Gasteiger partial charge is 0.385 e. The summed E-state index contributed by atoms with van der Waals surface area (Å²) in [7, 11) is 0. The number of nitrogens with two attached hydrogens (primary N) is 1. The predicted molar refractivity (Wildman–Crippen MR) is 145 cm³/mol. The van der Waals surface area contributed by atoms with Crippen LogP contribution in [-0.2, 0) is 0 Å². The van der Waals surface area contributed by atoms with Gasteiger partial charge in [0.25, 0.3) is 0 Å². The number of piperidine rings is 1. The summed E-state index contributed by atoms with van der Waals surface area (Å²) in [4.78, 5) is 8.85. The zero-order valence-corrected chi connectivity index (χ0v) is 22.1. The molecule has 0 aromatic heterocycles. The Balaban J connectivity index is 1.36. The Kier molecular flexibility index (Phi) is 9.29. The van der Waals surface area contributed by atoms with E-state index in [0.29, 0.717) is 17.3 Å². The Labute approximate surface area is 211 Å². The number of rotatable bonds is 12. The maximum absolute atomic E-state index is 6.07. The van der Waals surface area contributed by atoms with Crippen molar-refractivity contribution in [1.29, 1.82) is 0 Å². The van der Waals surface area contributed by atoms with Gasteiger partial charge in [0.15, 0.2) is 0 Å². The van der Waals surface area contributed by atoms with Gasteiger partial charge in [0.05, 0.1) is 5.82 Å². The minimum atomic E-state index is 0.345. The van der Waals surface area contributed by atoms with E-state index in [2.05, 4.69) is 58.5 Å². The lowest BCUT2D eigenvalue weighted by atomic mass is 9.77. The fraction of sp³-hybridized carbons (Fsp3) is 0.630. The molecule has 0 aromatic rings. The standard InChI is InChI=1S/C27H43ClN6/c1-20(28)15-24(17-30-5)16-23-10-13-33(14-11-23)22(3)34-18-27(4,19-34)12-6-7-21(2)31-32-26(29)25-8-9-25/h7,15,17,23,25,31H,3,5-6,8-14,16,18-19H2,1-2,4H3,(H2,29,32)/b20-15+,21-7-,24-17+. The topological polar surface area (TPSA) is 69.2 Å². The van der Waals surface area contributed by atoms with Crippen molar-refractivity contribution in [3.63, 3.8) is 0 Å². The Morgan fingerprint density at radius 3 is 2.44 bits per heavy atom. The van der Waals surface area contributed by atoms with Gasteiger partial charge in [-0.2, -0.15) is 5.10 Å². The van der Waals surface area contributed by atoms with Crippen molar-refractivity contribution in [2.24, 2.45) is 33.1 Å². The van der Waals surface area contributed by atoms with E-state index in [-0.39, 0.29) is 0 Å². The first kappa shape index (κ1) is 26.4. The molecule has 0 aromatic carbocycles. The van der Waals surface area contributed by atoms with Crippen LogP contribution in [0.1, 0.15) is 65.7 Å². The zero-order chi connectivity index (χ0) is 24.7. The molecule has 2 heterocycles. The monoisotopic (exact) mass is 486 g/mol. The molecular weight excluding hydrogens is 444 g/mol. The van der Waals surface area contributed by atoms with Gasteiger partial charge in [0.1, 0.15) is 5.84 Å². The lowest BCUT2D eigenvalue weighted by molar-refractivity contribution is 0.00668. The van der Waals surface area contributed by atoms with Gasteiger partial charge >= 0.3 is 0 Å². The zero-order valence-electron chi connectivity index (χ0n) is 21.3. The number of amidine groups is 1. The summed E-state index contributed by atoms with van der Waals surface area (Å²) in [5.41, 5.74) is 11.6. The number of likely N-dealkylation sites (tertiary alicyclic amines) is 2. The van der Waals surface area contributed by atoms with Crippen LogP contribution in [0, 0.1) is 17.3 Å². The van der Waals surface area contributed by atoms with E-state index in [1.165, 1.54) is 37.9 Å². The number of nitrogens with one attached hydrogen (secondary N) is 1. The highest BCUT2D eigenvalue weighted by molar-refractivity contribution is 6.29. The second-order valence-corrected chi connectivity index (χ2v) is 11.3. The predicted octanol–water partition coefficient (Wildman–Crippen LogP) is 5.56. The van der Waals surface area contributed by atoms with E-state index >= 15 is 0 Å². The first-order valence-electron chi connectivity index (χ1n) is 12.6. The minimum absolute atomic E-state index is 0.345.